The van der Waals surface area contributed by atoms with Crippen molar-refractivity contribution in [2.24, 2.45) is 0 Å². The molecule has 0 aliphatic carbocycles. The SMILES string of the molecule is CCCCCCCCCCOc1ccc(Oc2cccc(C(=O)OCC)c2)cc1CCC(=O)O. The summed E-state index contributed by atoms with van der Waals surface area (Å²) in [6, 6.07) is 12.2. The number of aryl methyl sites for hydroxylation is 1. The molecule has 0 spiro atoms. The van der Waals surface area contributed by atoms with Gasteiger partial charge in [-0.15, -0.1) is 0 Å². The molecule has 1 N–H and O–H groups in total. The first-order valence-corrected chi connectivity index (χ1v) is 12.5. The average molecular weight is 471 g/mol. The largest absolute Gasteiger partial charge is 0.493 e. The molecule has 186 valence electrons. The maximum atomic E-state index is 12.0. The van der Waals surface area contributed by atoms with Gasteiger partial charge in [0.2, 0.25) is 0 Å². The van der Waals surface area contributed by atoms with Crippen LogP contribution in [0.2, 0.25) is 0 Å². The van der Waals surface area contributed by atoms with E-state index in [-0.39, 0.29) is 6.42 Å². The van der Waals surface area contributed by atoms with Gasteiger partial charge in [-0.2, -0.15) is 0 Å². The van der Waals surface area contributed by atoms with Crippen LogP contribution in [-0.4, -0.2) is 30.3 Å². The van der Waals surface area contributed by atoms with Crippen molar-refractivity contribution in [2.45, 2.75) is 78.1 Å². The summed E-state index contributed by atoms with van der Waals surface area (Å²) in [6.07, 6.45) is 10.2. The van der Waals surface area contributed by atoms with Crippen LogP contribution < -0.4 is 9.47 Å². The second-order valence-corrected chi connectivity index (χ2v) is 8.34. The lowest BCUT2D eigenvalue weighted by molar-refractivity contribution is -0.136. The maximum absolute atomic E-state index is 12.0. The van der Waals surface area contributed by atoms with Gasteiger partial charge in [-0.3, -0.25) is 4.79 Å². The third kappa shape index (κ3) is 10.3. The molecule has 2 aromatic carbocycles. The second-order valence-electron chi connectivity index (χ2n) is 8.34. The predicted octanol–water partition coefficient (Wildman–Crippen LogP) is 7.19. The van der Waals surface area contributed by atoms with Gasteiger partial charge in [-0.1, -0.05) is 57.9 Å². The number of ether oxygens (including phenoxy) is 3. The molecule has 6 nitrogen and oxygen atoms in total. The molecule has 0 aliphatic rings. The van der Waals surface area contributed by atoms with Gasteiger partial charge in [-0.05, 0) is 61.7 Å². The minimum Gasteiger partial charge on any atom is -0.493 e. The molecular weight excluding hydrogens is 432 g/mol. The van der Waals surface area contributed by atoms with E-state index in [2.05, 4.69) is 6.92 Å². The Morgan fingerprint density at radius 2 is 1.56 bits per heavy atom. The van der Waals surface area contributed by atoms with Crippen molar-refractivity contribution in [3.05, 3.63) is 53.6 Å². The van der Waals surface area contributed by atoms with Crippen molar-refractivity contribution in [2.75, 3.05) is 13.2 Å². The number of aliphatic carboxylic acids is 1. The summed E-state index contributed by atoms with van der Waals surface area (Å²) >= 11 is 0. The average Bonchev–Trinajstić information content (AvgIpc) is 2.83. The monoisotopic (exact) mass is 470 g/mol. The van der Waals surface area contributed by atoms with Crippen molar-refractivity contribution in [1.82, 2.24) is 0 Å². The van der Waals surface area contributed by atoms with Gasteiger partial charge in [0.15, 0.2) is 0 Å². The number of rotatable bonds is 17. The smallest absolute Gasteiger partial charge is 0.338 e. The van der Waals surface area contributed by atoms with Gasteiger partial charge in [0.25, 0.3) is 0 Å². The number of hydrogen-bond acceptors (Lipinski definition) is 5. The number of carbonyl (C=O) groups excluding carboxylic acids is 1. The normalized spacial score (nSPS) is 10.6. The topological polar surface area (TPSA) is 82.1 Å². The summed E-state index contributed by atoms with van der Waals surface area (Å²) < 4.78 is 17.0. The molecule has 0 saturated carbocycles. The van der Waals surface area contributed by atoms with Crippen LogP contribution in [0.25, 0.3) is 0 Å². The molecule has 0 heterocycles. The van der Waals surface area contributed by atoms with E-state index in [0.29, 0.717) is 42.4 Å². The molecule has 0 unspecified atom stereocenters. The Morgan fingerprint density at radius 1 is 0.853 bits per heavy atom. The van der Waals surface area contributed by atoms with Crippen LogP contribution in [-0.2, 0) is 16.0 Å². The lowest BCUT2D eigenvalue weighted by Gasteiger charge is -2.14. The highest BCUT2D eigenvalue weighted by Crippen LogP contribution is 2.29. The highest BCUT2D eigenvalue weighted by molar-refractivity contribution is 5.89. The quantitative estimate of drug-likeness (QED) is 0.195. The van der Waals surface area contributed by atoms with Gasteiger partial charge < -0.3 is 19.3 Å². The highest BCUT2D eigenvalue weighted by Gasteiger charge is 2.11. The van der Waals surface area contributed by atoms with Crippen LogP contribution in [0.1, 0.15) is 87.6 Å². The van der Waals surface area contributed by atoms with Crippen molar-refractivity contribution in [3.8, 4) is 17.2 Å². The van der Waals surface area contributed by atoms with Gasteiger partial charge in [0, 0.05) is 6.42 Å². The molecule has 0 atom stereocenters. The number of hydrogen-bond donors (Lipinski definition) is 1. The fourth-order valence-corrected chi connectivity index (χ4v) is 3.65. The summed E-state index contributed by atoms with van der Waals surface area (Å²) in [6.45, 7) is 4.90. The lowest BCUT2D eigenvalue weighted by Crippen LogP contribution is -2.04. The first-order valence-electron chi connectivity index (χ1n) is 12.5. The van der Waals surface area contributed by atoms with Gasteiger partial charge >= 0.3 is 11.9 Å². The number of carbonyl (C=O) groups is 2. The van der Waals surface area contributed by atoms with Crippen molar-refractivity contribution < 1.29 is 28.9 Å². The summed E-state index contributed by atoms with van der Waals surface area (Å²) in [5.41, 5.74) is 1.21. The van der Waals surface area contributed by atoms with Crippen LogP contribution in [0, 0.1) is 0 Å². The summed E-state index contributed by atoms with van der Waals surface area (Å²) in [5.74, 6) is 0.488. The molecule has 0 radical (unpaired) electrons. The fourth-order valence-electron chi connectivity index (χ4n) is 3.65. The van der Waals surface area contributed by atoms with Gasteiger partial charge in [-0.25, -0.2) is 4.79 Å². The number of esters is 1. The van der Waals surface area contributed by atoms with Crippen molar-refractivity contribution >= 4 is 11.9 Å². The van der Waals surface area contributed by atoms with Crippen LogP contribution in [0.5, 0.6) is 17.2 Å². The summed E-state index contributed by atoms with van der Waals surface area (Å²) in [5, 5.41) is 9.13. The fraction of sp³-hybridized carbons (Fsp3) is 0.500. The second kappa shape index (κ2) is 15.8. The molecular formula is C28H38O6. The molecule has 6 heteroatoms. The van der Waals surface area contributed by atoms with Gasteiger partial charge in [0.1, 0.15) is 17.2 Å². The zero-order valence-corrected chi connectivity index (χ0v) is 20.5. The highest BCUT2D eigenvalue weighted by atomic mass is 16.5. The standard InChI is InChI=1S/C28H38O6/c1-3-5-6-7-8-9-10-11-19-33-26-17-16-25(20-22(26)15-18-27(29)30)34-24-14-12-13-23(21-24)28(31)32-4-2/h12-14,16-17,20-21H,3-11,15,18-19H2,1-2H3,(H,29,30). The molecule has 2 rings (SSSR count). The van der Waals surface area contributed by atoms with E-state index in [1.807, 2.05) is 12.1 Å². The molecule has 0 amide bonds. The van der Waals surface area contributed by atoms with Crippen LogP contribution in [0.4, 0.5) is 0 Å². The van der Waals surface area contributed by atoms with Crippen LogP contribution >= 0.6 is 0 Å². The predicted molar refractivity (Wildman–Crippen MR) is 133 cm³/mol. The molecule has 0 aromatic heterocycles. The first-order chi connectivity index (χ1) is 16.5. The number of unbranched alkanes of at least 4 members (excludes halogenated alkanes) is 7. The zero-order chi connectivity index (χ0) is 24.6. The minimum atomic E-state index is -0.859. The molecule has 0 bridgehead atoms. The van der Waals surface area contributed by atoms with E-state index in [1.165, 1.54) is 38.5 Å². The maximum Gasteiger partial charge on any atom is 0.338 e. The third-order valence-electron chi connectivity index (χ3n) is 5.48. The van der Waals surface area contributed by atoms with Crippen molar-refractivity contribution in [1.29, 1.82) is 0 Å². The van der Waals surface area contributed by atoms with E-state index in [4.69, 9.17) is 19.3 Å². The zero-order valence-electron chi connectivity index (χ0n) is 20.5. The molecule has 2 aromatic rings. The van der Waals surface area contributed by atoms with E-state index in [1.54, 1.807) is 37.3 Å². The molecule has 0 saturated heterocycles. The van der Waals surface area contributed by atoms with Crippen LogP contribution in [0.3, 0.4) is 0 Å². The Balaban J connectivity index is 1.95. The summed E-state index contributed by atoms with van der Waals surface area (Å²) in [4.78, 5) is 23.1. The van der Waals surface area contributed by atoms with E-state index < -0.39 is 11.9 Å². The van der Waals surface area contributed by atoms with Gasteiger partial charge in [0.05, 0.1) is 18.8 Å². The lowest BCUT2D eigenvalue weighted by atomic mass is 10.1. The molecule has 0 aliphatic heterocycles. The molecule has 34 heavy (non-hydrogen) atoms. The Labute approximate surface area is 203 Å². The van der Waals surface area contributed by atoms with E-state index in [9.17, 15) is 9.59 Å². The number of benzene rings is 2. The van der Waals surface area contributed by atoms with Crippen molar-refractivity contribution in [3.63, 3.8) is 0 Å². The number of carboxylic acid groups (broad SMARTS) is 1. The molecule has 0 fully saturated rings. The Morgan fingerprint density at radius 3 is 2.26 bits per heavy atom. The van der Waals surface area contributed by atoms with Crippen LogP contribution in [0.15, 0.2) is 42.5 Å². The summed E-state index contributed by atoms with van der Waals surface area (Å²) in [7, 11) is 0. The Hall–Kier alpha value is -3.02. The van der Waals surface area contributed by atoms with E-state index >= 15 is 0 Å². The number of carboxylic acids is 1. The first kappa shape index (κ1) is 27.2. The Bertz CT molecular complexity index is 892. The third-order valence-corrected chi connectivity index (χ3v) is 5.48. The van der Waals surface area contributed by atoms with E-state index in [0.717, 1.165) is 18.4 Å². The minimum absolute atomic E-state index is 0.00984. The Kier molecular flexibility index (Phi) is 12.6.